The maximum atomic E-state index is 11.8. The Kier molecular flexibility index (Phi) is 6.73. The molecule has 0 aromatic heterocycles. The highest BCUT2D eigenvalue weighted by molar-refractivity contribution is 5.78. The molecule has 3 heteroatoms. The third-order valence-electron chi connectivity index (χ3n) is 3.54. The molecule has 2 N–H and O–H groups in total. The zero-order chi connectivity index (χ0) is 15.0. The Morgan fingerprint density at radius 3 is 2.50 bits per heavy atom. The first-order valence-electron chi connectivity index (χ1n) is 7.51. The number of rotatable bonds is 8. The quantitative estimate of drug-likeness (QED) is 0.766. The third kappa shape index (κ3) is 5.74. The summed E-state index contributed by atoms with van der Waals surface area (Å²) in [5.74, 6) is 0.0785. The second kappa shape index (κ2) is 8.05. The van der Waals surface area contributed by atoms with Crippen LogP contribution in [0, 0.1) is 0 Å². The van der Waals surface area contributed by atoms with Gasteiger partial charge in [-0.2, -0.15) is 0 Å². The summed E-state index contributed by atoms with van der Waals surface area (Å²) >= 11 is 0. The molecule has 0 heterocycles. The lowest BCUT2D eigenvalue weighted by Crippen LogP contribution is -2.42. The second-order valence-electron chi connectivity index (χ2n) is 6.11. The van der Waals surface area contributed by atoms with Gasteiger partial charge in [-0.05, 0) is 18.9 Å². The molecule has 0 aliphatic heterocycles. The van der Waals surface area contributed by atoms with E-state index in [4.69, 9.17) is 0 Å². The molecule has 3 nitrogen and oxygen atoms in total. The van der Waals surface area contributed by atoms with Crippen molar-refractivity contribution in [3.05, 3.63) is 35.9 Å². The van der Waals surface area contributed by atoms with Crippen molar-refractivity contribution in [1.82, 2.24) is 10.6 Å². The van der Waals surface area contributed by atoms with Crippen molar-refractivity contribution in [1.29, 1.82) is 0 Å². The molecular weight excluding hydrogens is 248 g/mol. The van der Waals surface area contributed by atoms with Gasteiger partial charge in [0.05, 0.1) is 6.54 Å². The minimum absolute atomic E-state index is 0.0244. The van der Waals surface area contributed by atoms with E-state index in [0.717, 1.165) is 19.4 Å². The Bertz CT molecular complexity index is 401. The lowest BCUT2D eigenvalue weighted by atomic mass is 9.85. The molecule has 0 saturated carbocycles. The molecule has 1 rings (SSSR count). The molecule has 0 spiro atoms. The first-order chi connectivity index (χ1) is 9.45. The fourth-order valence-corrected chi connectivity index (χ4v) is 2.31. The van der Waals surface area contributed by atoms with E-state index < -0.39 is 0 Å². The number of carbonyl (C=O) groups excluding carboxylic acids is 1. The first kappa shape index (κ1) is 16.7. The Hall–Kier alpha value is -1.35. The van der Waals surface area contributed by atoms with E-state index in [1.165, 1.54) is 5.56 Å². The van der Waals surface area contributed by atoms with E-state index in [1.54, 1.807) is 0 Å². The van der Waals surface area contributed by atoms with Crippen LogP contribution >= 0.6 is 0 Å². The molecule has 0 aliphatic rings. The van der Waals surface area contributed by atoms with Crippen molar-refractivity contribution < 1.29 is 4.79 Å². The van der Waals surface area contributed by atoms with Crippen LogP contribution in [0.1, 0.15) is 46.1 Å². The van der Waals surface area contributed by atoms with Crippen molar-refractivity contribution in [2.75, 3.05) is 13.1 Å². The standard InChI is InChI=1S/C17H28N2O/c1-5-9-14(2)19-16(20)12-18-13-17(3,4)15-10-7-6-8-11-15/h6-8,10-11,14,18H,5,9,12-13H2,1-4H3,(H,19,20). The molecule has 0 bridgehead atoms. The minimum atomic E-state index is 0.0244. The fraction of sp³-hybridized carbons (Fsp3) is 0.588. The summed E-state index contributed by atoms with van der Waals surface area (Å²) in [6.07, 6.45) is 2.12. The largest absolute Gasteiger partial charge is 0.353 e. The average Bonchev–Trinajstić information content (AvgIpc) is 2.39. The molecule has 0 aliphatic carbocycles. The van der Waals surface area contributed by atoms with Crippen molar-refractivity contribution >= 4 is 5.91 Å². The van der Waals surface area contributed by atoms with Gasteiger partial charge in [-0.1, -0.05) is 57.5 Å². The number of carbonyl (C=O) groups is 1. The number of nitrogens with one attached hydrogen (secondary N) is 2. The normalized spacial score (nSPS) is 13.0. The van der Waals surface area contributed by atoms with E-state index in [2.05, 4.69) is 62.6 Å². The monoisotopic (exact) mass is 276 g/mol. The molecule has 0 fully saturated rings. The van der Waals surface area contributed by atoms with Gasteiger partial charge in [-0.25, -0.2) is 0 Å². The molecule has 1 aromatic rings. The smallest absolute Gasteiger partial charge is 0.234 e. The highest BCUT2D eigenvalue weighted by Gasteiger charge is 2.20. The fourth-order valence-electron chi connectivity index (χ4n) is 2.31. The summed E-state index contributed by atoms with van der Waals surface area (Å²) < 4.78 is 0. The predicted octanol–water partition coefficient (Wildman–Crippen LogP) is 2.86. The van der Waals surface area contributed by atoms with Gasteiger partial charge in [0, 0.05) is 18.0 Å². The van der Waals surface area contributed by atoms with E-state index >= 15 is 0 Å². The topological polar surface area (TPSA) is 41.1 Å². The van der Waals surface area contributed by atoms with Crippen LogP contribution in [0.25, 0.3) is 0 Å². The van der Waals surface area contributed by atoms with Crippen LogP contribution in [0.3, 0.4) is 0 Å². The van der Waals surface area contributed by atoms with Crippen LogP contribution in [0.5, 0.6) is 0 Å². The summed E-state index contributed by atoms with van der Waals surface area (Å²) in [5.41, 5.74) is 1.31. The molecule has 0 radical (unpaired) electrons. The highest BCUT2D eigenvalue weighted by atomic mass is 16.1. The molecule has 1 aromatic carbocycles. The van der Waals surface area contributed by atoms with Gasteiger partial charge in [-0.3, -0.25) is 4.79 Å². The van der Waals surface area contributed by atoms with Gasteiger partial charge in [0.2, 0.25) is 5.91 Å². The summed E-state index contributed by atoms with van der Waals surface area (Å²) in [6.45, 7) is 9.72. The van der Waals surface area contributed by atoms with E-state index in [-0.39, 0.29) is 17.4 Å². The maximum absolute atomic E-state index is 11.8. The van der Waals surface area contributed by atoms with Crippen LogP contribution in [-0.4, -0.2) is 25.0 Å². The zero-order valence-corrected chi connectivity index (χ0v) is 13.2. The van der Waals surface area contributed by atoms with E-state index in [1.807, 2.05) is 6.07 Å². The number of benzene rings is 1. The van der Waals surface area contributed by atoms with Gasteiger partial charge in [-0.15, -0.1) is 0 Å². The molecule has 112 valence electrons. The molecular formula is C17H28N2O. The Balaban J connectivity index is 2.35. The molecule has 0 saturated heterocycles. The van der Waals surface area contributed by atoms with Crippen LogP contribution in [0.15, 0.2) is 30.3 Å². The van der Waals surface area contributed by atoms with Gasteiger partial charge in [0.25, 0.3) is 0 Å². The van der Waals surface area contributed by atoms with Crippen molar-refractivity contribution in [2.45, 2.75) is 52.0 Å². The molecule has 1 atom stereocenters. The van der Waals surface area contributed by atoms with Gasteiger partial charge < -0.3 is 10.6 Å². The Labute approximate surface area is 123 Å². The number of amides is 1. The summed E-state index contributed by atoms with van der Waals surface area (Å²) in [7, 11) is 0. The molecule has 20 heavy (non-hydrogen) atoms. The van der Waals surface area contributed by atoms with Gasteiger partial charge in [0.15, 0.2) is 0 Å². The van der Waals surface area contributed by atoms with Crippen LogP contribution in [0.2, 0.25) is 0 Å². The number of hydrogen-bond donors (Lipinski definition) is 2. The van der Waals surface area contributed by atoms with Crippen LogP contribution in [-0.2, 0) is 10.2 Å². The summed E-state index contributed by atoms with van der Waals surface area (Å²) in [4.78, 5) is 11.8. The Morgan fingerprint density at radius 1 is 1.25 bits per heavy atom. The van der Waals surface area contributed by atoms with Crippen molar-refractivity contribution in [3.8, 4) is 0 Å². The van der Waals surface area contributed by atoms with Crippen molar-refractivity contribution in [2.24, 2.45) is 0 Å². The maximum Gasteiger partial charge on any atom is 0.234 e. The van der Waals surface area contributed by atoms with E-state index in [9.17, 15) is 4.79 Å². The number of hydrogen-bond acceptors (Lipinski definition) is 2. The van der Waals surface area contributed by atoms with Crippen LogP contribution in [0.4, 0.5) is 0 Å². The summed E-state index contributed by atoms with van der Waals surface area (Å²) in [5, 5.41) is 6.26. The molecule has 1 unspecified atom stereocenters. The SMILES string of the molecule is CCCC(C)NC(=O)CNCC(C)(C)c1ccccc1. The lowest BCUT2D eigenvalue weighted by Gasteiger charge is -2.25. The average molecular weight is 276 g/mol. The predicted molar refractivity (Wildman–Crippen MR) is 84.9 cm³/mol. The second-order valence-corrected chi connectivity index (χ2v) is 6.11. The molecule has 1 amide bonds. The van der Waals surface area contributed by atoms with E-state index in [0.29, 0.717) is 6.54 Å². The first-order valence-corrected chi connectivity index (χ1v) is 7.51. The zero-order valence-electron chi connectivity index (χ0n) is 13.2. The third-order valence-corrected chi connectivity index (χ3v) is 3.54. The lowest BCUT2D eigenvalue weighted by molar-refractivity contribution is -0.120. The van der Waals surface area contributed by atoms with Crippen molar-refractivity contribution in [3.63, 3.8) is 0 Å². The highest BCUT2D eigenvalue weighted by Crippen LogP contribution is 2.21. The van der Waals surface area contributed by atoms with Crippen LogP contribution < -0.4 is 10.6 Å². The Morgan fingerprint density at radius 2 is 1.90 bits per heavy atom. The van der Waals surface area contributed by atoms with Gasteiger partial charge >= 0.3 is 0 Å². The summed E-state index contributed by atoms with van der Waals surface area (Å²) in [6, 6.07) is 10.6. The van der Waals surface area contributed by atoms with Gasteiger partial charge in [0.1, 0.15) is 0 Å². The minimum Gasteiger partial charge on any atom is -0.353 e.